The maximum atomic E-state index is 12.4. The Morgan fingerprint density at radius 3 is 2.74 bits per heavy atom. The normalized spacial score (nSPS) is 11.1. The van der Waals surface area contributed by atoms with Gasteiger partial charge in [-0.3, -0.25) is 14.2 Å². The minimum Gasteiger partial charge on any atom is -0.353 e. The van der Waals surface area contributed by atoms with Crippen molar-refractivity contribution in [1.82, 2.24) is 14.5 Å². The fourth-order valence-electron chi connectivity index (χ4n) is 2.85. The van der Waals surface area contributed by atoms with Crippen molar-refractivity contribution in [2.45, 2.75) is 38.3 Å². The number of anilines is 1. The fourth-order valence-corrected chi connectivity index (χ4v) is 3.62. The van der Waals surface area contributed by atoms with Gasteiger partial charge < -0.3 is 10.3 Å². The van der Waals surface area contributed by atoms with E-state index in [1.807, 2.05) is 37.3 Å². The Kier molecular flexibility index (Phi) is 6.01. The molecule has 0 spiro atoms. The quantitative estimate of drug-likeness (QED) is 0.481. The highest BCUT2D eigenvalue weighted by Gasteiger charge is 2.12. The van der Waals surface area contributed by atoms with Gasteiger partial charge in [-0.05, 0) is 43.5 Å². The lowest BCUT2D eigenvalue weighted by atomic mass is 10.1. The molecule has 1 amide bonds. The molecule has 0 fully saturated rings. The Balaban J connectivity index is 1.63. The van der Waals surface area contributed by atoms with E-state index in [1.54, 1.807) is 7.05 Å². The molecule has 1 aromatic carbocycles. The summed E-state index contributed by atoms with van der Waals surface area (Å²) in [5.74, 6) is 0.0631. The molecule has 2 heterocycles. The van der Waals surface area contributed by atoms with Gasteiger partial charge in [0.25, 0.3) is 5.56 Å². The molecule has 0 bridgehead atoms. The third-order valence-corrected chi connectivity index (χ3v) is 5.37. The maximum Gasteiger partial charge on any atom is 0.278 e. The summed E-state index contributed by atoms with van der Waals surface area (Å²) in [6.07, 6.45) is 3.39. The van der Waals surface area contributed by atoms with Crippen LogP contribution in [0.4, 0.5) is 5.69 Å². The van der Waals surface area contributed by atoms with E-state index in [0.717, 1.165) is 17.8 Å². The summed E-state index contributed by atoms with van der Waals surface area (Å²) in [5.41, 5.74) is 3.92. The van der Waals surface area contributed by atoms with Crippen LogP contribution in [-0.2, 0) is 18.3 Å². The number of aromatic amines is 1. The molecular weight excluding hydrogens is 360 g/mol. The first-order valence-corrected chi connectivity index (χ1v) is 10.0. The highest BCUT2D eigenvalue weighted by atomic mass is 32.2. The molecule has 3 rings (SSSR count). The van der Waals surface area contributed by atoms with Gasteiger partial charge in [-0.2, -0.15) is 0 Å². The molecule has 3 aromatic rings. The lowest BCUT2D eigenvalue weighted by Gasteiger charge is -2.08. The van der Waals surface area contributed by atoms with E-state index in [0.29, 0.717) is 16.2 Å². The molecule has 2 N–H and O–H groups in total. The van der Waals surface area contributed by atoms with Gasteiger partial charge in [-0.15, -0.1) is 0 Å². The SMILES string of the molecule is CCCCc1ccc(NC(=O)CSc2nc3cc(C)[nH]c3c(=O)n2C)cc1. The largest absolute Gasteiger partial charge is 0.353 e. The van der Waals surface area contributed by atoms with E-state index in [-0.39, 0.29) is 17.2 Å². The first-order chi connectivity index (χ1) is 13.0. The van der Waals surface area contributed by atoms with Crippen molar-refractivity contribution < 1.29 is 4.79 Å². The van der Waals surface area contributed by atoms with E-state index < -0.39 is 0 Å². The monoisotopic (exact) mass is 384 g/mol. The third kappa shape index (κ3) is 4.60. The Labute approximate surface area is 162 Å². The average molecular weight is 385 g/mol. The van der Waals surface area contributed by atoms with E-state index in [9.17, 15) is 9.59 Å². The van der Waals surface area contributed by atoms with Crippen LogP contribution in [0.5, 0.6) is 0 Å². The lowest BCUT2D eigenvalue weighted by molar-refractivity contribution is -0.113. The molecule has 0 saturated heterocycles. The predicted molar refractivity (Wildman–Crippen MR) is 110 cm³/mol. The number of rotatable bonds is 7. The highest BCUT2D eigenvalue weighted by molar-refractivity contribution is 7.99. The number of carbonyl (C=O) groups is 1. The molecule has 0 aliphatic rings. The molecule has 0 atom stereocenters. The topological polar surface area (TPSA) is 79.8 Å². The van der Waals surface area contributed by atoms with E-state index in [1.165, 1.54) is 34.7 Å². The smallest absolute Gasteiger partial charge is 0.278 e. The molecule has 6 nitrogen and oxygen atoms in total. The number of aryl methyl sites for hydroxylation is 2. The van der Waals surface area contributed by atoms with Crippen LogP contribution in [0.1, 0.15) is 31.0 Å². The van der Waals surface area contributed by atoms with Crippen molar-refractivity contribution in [3.63, 3.8) is 0 Å². The van der Waals surface area contributed by atoms with Crippen LogP contribution in [0.25, 0.3) is 11.0 Å². The summed E-state index contributed by atoms with van der Waals surface area (Å²) in [6, 6.07) is 9.78. The molecule has 0 aliphatic heterocycles. The summed E-state index contributed by atoms with van der Waals surface area (Å²) >= 11 is 1.25. The van der Waals surface area contributed by atoms with Crippen molar-refractivity contribution in [1.29, 1.82) is 0 Å². The molecule has 7 heteroatoms. The number of hydrogen-bond donors (Lipinski definition) is 2. The Bertz CT molecular complexity index is 1010. The van der Waals surface area contributed by atoms with E-state index >= 15 is 0 Å². The van der Waals surface area contributed by atoms with Gasteiger partial charge in [0.1, 0.15) is 5.52 Å². The number of nitrogens with zero attached hydrogens (tertiary/aromatic N) is 2. The van der Waals surface area contributed by atoms with Crippen molar-refractivity contribution >= 4 is 34.4 Å². The van der Waals surface area contributed by atoms with E-state index in [2.05, 4.69) is 22.2 Å². The number of H-pyrrole nitrogens is 1. The van der Waals surface area contributed by atoms with Crippen molar-refractivity contribution in [2.24, 2.45) is 7.05 Å². The Hall–Kier alpha value is -2.54. The molecule has 142 valence electrons. The molecule has 2 aromatic heterocycles. The summed E-state index contributed by atoms with van der Waals surface area (Å²) in [5, 5.41) is 3.41. The maximum absolute atomic E-state index is 12.4. The molecule has 0 aliphatic carbocycles. The van der Waals surface area contributed by atoms with Crippen molar-refractivity contribution in [3.8, 4) is 0 Å². The van der Waals surface area contributed by atoms with Crippen LogP contribution >= 0.6 is 11.8 Å². The van der Waals surface area contributed by atoms with E-state index in [4.69, 9.17) is 0 Å². The number of carbonyl (C=O) groups excluding carboxylic acids is 1. The zero-order valence-electron chi connectivity index (χ0n) is 15.8. The van der Waals surface area contributed by atoms with Crippen LogP contribution in [0.2, 0.25) is 0 Å². The molecule has 0 unspecified atom stereocenters. The minimum absolute atomic E-state index is 0.124. The molecule has 27 heavy (non-hydrogen) atoms. The van der Waals surface area contributed by atoms with Gasteiger partial charge in [-0.25, -0.2) is 4.98 Å². The zero-order valence-corrected chi connectivity index (χ0v) is 16.7. The van der Waals surface area contributed by atoms with Gasteiger partial charge in [0.15, 0.2) is 5.16 Å². The second-order valence-electron chi connectivity index (χ2n) is 6.61. The summed E-state index contributed by atoms with van der Waals surface area (Å²) in [4.78, 5) is 32.2. The minimum atomic E-state index is -0.140. The standard InChI is InChI=1S/C20H24N4O2S/c1-4-5-6-14-7-9-15(10-8-14)22-17(25)12-27-20-23-16-11-13(2)21-18(16)19(26)24(20)3/h7-11,21H,4-6,12H2,1-3H3,(H,22,25). The van der Waals surface area contributed by atoms with Gasteiger partial charge in [0, 0.05) is 18.4 Å². The number of benzene rings is 1. The first-order valence-electron chi connectivity index (χ1n) is 9.06. The average Bonchev–Trinajstić information content (AvgIpc) is 3.03. The van der Waals surface area contributed by atoms with Crippen LogP contribution in [0.15, 0.2) is 40.3 Å². The third-order valence-electron chi connectivity index (χ3n) is 4.34. The number of thioether (sulfide) groups is 1. The fraction of sp³-hybridized carbons (Fsp3) is 0.350. The van der Waals surface area contributed by atoms with Gasteiger partial charge in [0.2, 0.25) is 5.91 Å². The first kappa shape index (κ1) is 19.2. The Morgan fingerprint density at radius 1 is 1.30 bits per heavy atom. The van der Waals surface area contributed by atoms with Gasteiger partial charge >= 0.3 is 0 Å². The van der Waals surface area contributed by atoms with Gasteiger partial charge in [0.05, 0.1) is 11.3 Å². The molecule has 0 saturated carbocycles. The van der Waals surface area contributed by atoms with Crippen LogP contribution in [-0.4, -0.2) is 26.2 Å². The second kappa shape index (κ2) is 8.43. The zero-order chi connectivity index (χ0) is 19.4. The number of unbranched alkanes of at least 4 members (excludes halogenated alkanes) is 1. The summed E-state index contributed by atoms with van der Waals surface area (Å²) in [7, 11) is 1.67. The lowest BCUT2D eigenvalue weighted by Crippen LogP contribution is -2.21. The number of amides is 1. The summed E-state index contributed by atoms with van der Waals surface area (Å²) < 4.78 is 1.47. The number of aromatic nitrogens is 3. The number of fused-ring (bicyclic) bond motifs is 1. The second-order valence-corrected chi connectivity index (χ2v) is 7.55. The number of hydrogen-bond acceptors (Lipinski definition) is 4. The number of nitrogens with one attached hydrogen (secondary N) is 2. The van der Waals surface area contributed by atoms with Gasteiger partial charge in [-0.1, -0.05) is 37.2 Å². The molecular formula is C20H24N4O2S. The van der Waals surface area contributed by atoms with Crippen LogP contribution in [0.3, 0.4) is 0 Å². The Morgan fingerprint density at radius 2 is 2.04 bits per heavy atom. The van der Waals surface area contributed by atoms with Crippen molar-refractivity contribution in [2.75, 3.05) is 11.1 Å². The van der Waals surface area contributed by atoms with Crippen molar-refractivity contribution in [3.05, 3.63) is 51.9 Å². The van der Waals surface area contributed by atoms with Crippen LogP contribution < -0.4 is 10.9 Å². The predicted octanol–water partition coefficient (Wildman–Crippen LogP) is 3.64. The van der Waals surface area contributed by atoms with Crippen LogP contribution in [0, 0.1) is 6.92 Å². The highest BCUT2D eigenvalue weighted by Crippen LogP contribution is 2.18. The molecule has 0 radical (unpaired) electrons. The summed E-state index contributed by atoms with van der Waals surface area (Å²) in [6.45, 7) is 4.06.